The van der Waals surface area contributed by atoms with E-state index in [1.165, 1.54) is 0 Å². The van der Waals surface area contributed by atoms with Crippen molar-refractivity contribution in [3.63, 3.8) is 0 Å². The number of hydrogen-bond acceptors (Lipinski definition) is 4. The number of carbonyl (C=O) groups excluding carboxylic acids is 1. The van der Waals surface area contributed by atoms with Gasteiger partial charge in [0.25, 0.3) is 0 Å². The van der Waals surface area contributed by atoms with Gasteiger partial charge in [0.15, 0.2) is 0 Å². The molecule has 27 heavy (non-hydrogen) atoms. The summed E-state index contributed by atoms with van der Waals surface area (Å²) in [5, 5.41) is 12.8. The third-order valence-corrected chi connectivity index (χ3v) is 4.62. The molecule has 0 saturated carbocycles. The first-order chi connectivity index (χ1) is 13.1. The molecule has 0 aliphatic heterocycles. The monoisotopic (exact) mass is 377 g/mol. The highest BCUT2D eigenvalue weighted by Gasteiger charge is 2.17. The number of rotatable bonds is 5. The number of benzene rings is 3. The molecule has 134 valence electrons. The molecule has 0 fully saturated rings. The van der Waals surface area contributed by atoms with E-state index < -0.39 is 5.97 Å². The number of furan rings is 1. The fourth-order valence-electron chi connectivity index (χ4n) is 2.94. The van der Waals surface area contributed by atoms with Gasteiger partial charge in [-0.05, 0) is 24.3 Å². The van der Waals surface area contributed by atoms with Gasteiger partial charge in [-0.15, -0.1) is 0 Å². The number of carboxylic acid groups (broad SMARTS) is 1. The molecule has 0 aliphatic rings. The van der Waals surface area contributed by atoms with Crippen molar-refractivity contribution in [1.29, 1.82) is 0 Å². The lowest BCUT2D eigenvalue weighted by molar-refractivity contribution is -0.254. The van der Waals surface area contributed by atoms with Gasteiger partial charge >= 0.3 is 0 Å². The smallest absolute Gasteiger partial charge is 0.144 e. The number of aromatic carboxylic acids is 1. The van der Waals surface area contributed by atoms with Gasteiger partial charge in [-0.3, -0.25) is 0 Å². The van der Waals surface area contributed by atoms with E-state index in [0.717, 1.165) is 5.56 Å². The second-order valence-electron chi connectivity index (χ2n) is 6.00. The molecule has 1 heterocycles. The van der Waals surface area contributed by atoms with Crippen molar-refractivity contribution in [2.75, 3.05) is 0 Å². The van der Waals surface area contributed by atoms with E-state index in [2.05, 4.69) is 0 Å². The lowest BCUT2D eigenvalue weighted by Crippen LogP contribution is -2.22. The Bertz CT molecular complexity index is 1120. The highest BCUT2D eigenvalue weighted by molar-refractivity contribution is 6.31. The number of carbonyl (C=O) groups is 1. The Morgan fingerprint density at radius 2 is 1.74 bits per heavy atom. The maximum absolute atomic E-state index is 11.8. The van der Waals surface area contributed by atoms with E-state index >= 15 is 0 Å². The predicted octanol–water partition coefficient (Wildman–Crippen LogP) is 4.70. The van der Waals surface area contributed by atoms with Crippen LogP contribution < -0.4 is 9.84 Å². The Labute approximate surface area is 160 Å². The molecular weight excluding hydrogens is 364 g/mol. The SMILES string of the molecule is O=C([O-])c1c(-c2ccccc2)oc2ccc(OCc3ccccc3Cl)cc12. The maximum Gasteiger partial charge on any atom is 0.144 e. The zero-order valence-electron chi connectivity index (χ0n) is 14.1. The van der Waals surface area contributed by atoms with Gasteiger partial charge in [-0.25, -0.2) is 0 Å². The van der Waals surface area contributed by atoms with Crippen LogP contribution in [0.5, 0.6) is 5.75 Å². The zero-order chi connectivity index (χ0) is 18.8. The van der Waals surface area contributed by atoms with Gasteiger partial charge in [0.1, 0.15) is 23.7 Å². The van der Waals surface area contributed by atoms with E-state index in [0.29, 0.717) is 27.3 Å². The molecule has 0 atom stereocenters. The Morgan fingerprint density at radius 1 is 1.00 bits per heavy atom. The number of hydrogen-bond donors (Lipinski definition) is 0. The summed E-state index contributed by atoms with van der Waals surface area (Å²) < 4.78 is 11.6. The number of halogens is 1. The van der Waals surface area contributed by atoms with E-state index in [1.54, 1.807) is 36.4 Å². The normalized spacial score (nSPS) is 10.9. The van der Waals surface area contributed by atoms with Crippen LogP contribution in [0.3, 0.4) is 0 Å². The van der Waals surface area contributed by atoms with Crippen molar-refractivity contribution in [3.05, 3.63) is 88.9 Å². The Kier molecular flexibility index (Phi) is 4.57. The van der Waals surface area contributed by atoms with Crippen LogP contribution in [0.2, 0.25) is 5.02 Å². The van der Waals surface area contributed by atoms with E-state index in [-0.39, 0.29) is 17.9 Å². The van der Waals surface area contributed by atoms with Crippen molar-refractivity contribution >= 4 is 28.5 Å². The van der Waals surface area contributed by atoms with E-state index in [1.807, 2.05) is 36.4 Å². The summed E-state index contributed by atoms with van der Waals surface area (Å²) in [6, 6.07) is 21.5. The van der Waals surface area contributed by atoms with Crippen molar-refractivity contribution in [3.8, 4) is 17.1 Å². The van der Waals surface area contributed by atoms with Crippen molar-refractivity contribution in [1.82, 2.24) is 0 Å². The Hall–Kier alpha value is -3.24. The fourth-order valence-corrected chi connectivity index (χ4v) is 3.13. The summed E-state index contributed by atoms with van der Waals surface area (Å²) in [6.07, 6.45) is 0. The minimum Gasteiger partial charge on any atom is -0.545 e. The average Bonchev–Trinajstić information content (AvgIpc) is 3.07. The van der Waals surface area contributed by atoms with Gasteiger partial charge in [-0.2, -0.15) is 0 Å². The summed E-state index contributed by atoms with van der Waals surface area (Å²) in [4.78, 5) is 11.8. The molecule has 0 amide bonds. The number of carboxylic acids is 1. The highest BCUT2D eigenvalue weighted by atomic mass is 35.5. The summed E-state index contributed by atoms with van der Waals surface area (Å²) in [6.45, 7) is 0.273. The lowest BCUT2D eigenvalue weighted by Gasteiger charge is -2.08. The Morgan fingerprint density at radius 3 is 2.48 bits per heavy atom. The molecule has 3 aromatic carbocycles. The van der Waals surface area contributed by atoms with Gasteiger partial charge in [0.05, 0.1) is 11.5 Å². The summed E-state index contributed by atoms with van der Waals surface area (Å²) >= 11 is 6.14. The van der Waals surface area contributed by atoms with E-state index in [9.17, 15) is 9.90 Å². The third-order valence-electron chi connectivity index (χ3n) is 4.25. The van der Waals surface area contributed by atoms with Gasteiger partial charge in [0, 0.05) is 21.5 Å². The third kappa shape index (κ3) is 3.39. The average molecular weight is 378 g/mol. The van der Waals surface area contributed by atoms with Crippen molar-refractivity contribution in [2.45, 2.75) is 6.61 Å². The fraction of sp³-hybridized carbons (Fsp3) is 0.0455. The standard InChI is InChI=1S/C22H15ClO4/c23-18-9-5-4-8-15(18)13-26-16-10-11-19-17(12-16)20(22(24)25)21(27-19)14-6-2-1-3-7-14/h1-12H,13H2,(H,24,25)/p-1. The molecule has 0 saturated heterocycles. The minimum absolute atomic E-state index is 0.0133. The van der Waals surface area contributed by atoms with Crippen LogP contribution in [0.1, 0.15) is 15.9 Å². The van der Waals surface area contributed by atoms with E-state index in [4.69, 9.17) is 20.8 Å². The molecule has 0 N–H and O–H groups in total. The number of fused-ring (bicyclic) bond motifs is 1. The molecule has 1 aromatic heterocycles. The van der Waals surface area contributed by atoms with Gasteiger partial charge < -0.3 is 19.1 Å². The van der Waals surface area contributed by atoms with Crippen LogP contribution in [-0.2, 0) is 6.61 Å². The molecule has 0 aliphatic carbocycles. The summed E-state index contributed by atoms with van der Waals surface area (Å²) in [5.74, 6) is -0.505. The topological polar surface area (TPSA) is 62.5 Å². The molecule has 0 bridgehead atoms. The van der Waals surface area contributed by atoms with Crippen LogP contribution in [0.4, 0.5) is 0 Å². The second kappa shape index (κ2) is 7.17. The summed E-state index contributed by atoms with van der Waals surface area (Å²) in [5.41, 5.74) is 1.99. The van der Waals surface area contributed by atoms with Crippen molar-refractivity contribution < 1.29 is 19.1 Å². The second-order valence-corrected chi connectivity index (χ2v) is 6.40. The summed E-state index contributed by atoms with van der Waals surface area (Å²) in [7, 11) is 0. The van der Waals surface area contributed by atoms with Crippen molar-refractivity contribution in [2.24, 2.45) is 0 Å². The molecule has 0 radical (unpaired) electrons. The minimum atomic E-state index is -1.30. The molecule has 4 rings (SSSR count). The first kappa shape index (κ1) is 17.2. The zero-order valence-corrected chi connectivity index (χ0v) is 14.9. The van der Waals surface area contributed by atoms with Crippen LogP contribution in [0.15, 0.2) is 77.2 Å². The first-order valence-corrected chi connectivity index (χ1v) is 8.71. The Balaban J connectivity index is 1.72. The molecule has 0 spiro atoms. The molecular formula is C22H14ClO4-. The molecule has 4 aromatic rings. The molecule has 4 nitrogen and oxygen atoms in total. The number of ether oxygens (including phenoxy) is 1. The largest absolute Gasteiger partial charge is 0.545 e. The maximum atomic E-state index is 11.8. The first-order valence-electron chi connectivity index (χ1n) is 8.33. The predicted molar refractivity (Wildman–Crippen MR) is 102 cm³/mol. The van der Waals surface area contributed by atoms with Crippen LogP contribution in [-0.4, -0.2) is 5.97 Å². The molecule has 0 unspecified atom stereocenters. The van der Waals surface area contributed by atoms with Crippen LogP contribution in [0, 0.1) is 0 Å². The van der Waals surface area contributed by atoms with Gasteiger partial charge in [0.2, 0.25) is 0 Å². The lowest BCUT2D eigenvalue weighted by atomic mass is 10.1. The van der Waals surface area contributed by atoms with Crippen LogP contribution >= 0.6 is 11.6 Å². The quantitative estimate of drug-likeness (QED) is 0.506. The molecule has 5 heteroatoms. The highest BCUT2D eigenvalue weighted by Crippen LogP contribution is 2.35. The van der Waals surface area contributed by atoms with Gasteiger partial charge in [-0.1, -0.05) is 60.1 Å². The van der Waals surface area contributed by atoms with Crippen LogP contribution in [0.25, 0.3) is 22.3 Å².